The minimum absolute atomic E-state index is 1.06. The molecule has 0 radical (unpaired) electrons. The first-order chi connectivity index (χ1) is 11.4. The van der Waals surface area contributed by atoms with Crippen molar-refractivity contribution in [3.05, 3.63) is 78.9 Å². The van der Waals surface area contributed by atoms with E-state index in [-0.39, 0.29) is 0 Å². The number of rotatable bonds is 2. The number of hydrogen-bond acceptors (Lipinski definition) is 3. The molecule has 0 atom stereocenters. The smallest absolute Gasteiger partial charge is 0.105 e. The van der Waals surface area contributed by atoms with Crippen LogP contribution in [0.3, 0.4) is 0 Å². The zero-order valence-corrected chi connectivity index (χ0v) is 12.3. The van der Waals surface area contributed by atoms with Crippen molar-refractivity contribution in [2.75, 3.05) is 5.12 Å². The molecule has 0 bridgehead atoms. The third-order valence-electron chi connectivity index (χ3n) is 4.36. The van der Waals surface area contributed by atoms with E-state index in [0.717, 1.165) is 11.3 Å². The second kappa shape index (κ2) is 4.65. The lowest BCUT2D eigenvalue weighted by Crippen LogP contribution is -1.95. The monoisotopic (exact) mass is 295 g/mol. The zero-order valence-electron chi connectivity index (χ0n) is 12.3. The number of hydrogen-bond donors (Lipinski definition) is 0. The maximum atomic E-state index is 4.05. The fraction of sp³-hybridized carbons (Fsp3) is 0. The molecule has 1 aliphatic heterocycles. The van der Waals surface area contributed by atoms with Gasteiger partial charge in [0.2, 0.25) is 0 Å². The SMILES string of the molecule is c1ccc2c(-c3ccc4ccccc4c3N3N=N3)cccc2c1. The van der Waals surface area contributed by atoms with Gasteiger partial charge in [0.1, 0.15) is 5.69 Å². The molecule has 5 rings (SSSR count). The van der Waals surface area contributed by atoms with Crippen LogP contribution in [0.4, 0.5) is 5.69 Å². The summed E-state index contributed by atoms with van der Waals surface area (Å²) in [5.74, 6) is 0. The van der Waals surface area contributed by atoms with Gasteiger partial charge in [-0.25, -0.2) is 0 Å². The molecule has 3 nitrogen and oxygen atoms in total. The Labute approximate surface area is 133 Å². The lowest BCUT2D eigenvalue weighted by Gasteiger charge is -2.13. The molecule has 0 fully saturated rings. The molecule has 0 aromatic heterocycles. The summed E-state index contributed by atoms with van der Waals surface area (Å²) >= 11 is 0. The Morgan fingerprint density at radius 3 is 1.96 bits per heavy atom. The van der Waals surface area contributed by atoms with Crippen LogP contribution in [0.2, 0.25) is 0 Å². The third-order valence-corrected chi connectivity index (χ3v) is 4.36. The maximum absolute atomic E-state index is 4.05. The van der Waals surface area contributed by atoms with E-state index in [0.29, 0.717) is 0 Å². The normalized spacial score (nSPS) is 13.0. The standard InChI is InChI=1S/C20H13N3/c1-3-9-16-14(6-1)8-5-11-18(16)19-13-12-15-7-2-4-10-17(15)20(19)23-21-22-23/h1-13H. The van der Waals surface area contributed by atoms with E-state index in [9.17, 15) is 0 Å². The van der Waals surface area contributed by atoms with Crippen molar-refractivity contribution in [1.82, 2.24) is 0 Å². The maximum Gasteiger partial charge on any atom is 0.105 e. The Hall–Kier alpha value is -3.20. The van der Waals surface area contributed by atoms with Gasteiger partial charge in [0, 0.05) is 10.9 Å². The van der Waals surface area contributed by atoms with Crippen molar-refractivity contribution in [2.24, 2.45) is 10.4 Å². The second-order valence-corrected chi connectivity index (χ2v) is 5.68. The Bertz CT molecular complexity index is 1070. The van der Waals surface area contributed by atoms with Gasteiger partial charge in [0.25, 0.3) is 0 Å². The summed E-state index contributed by atoms with van der Waals surface area (Å²) in [6, 6.07) is 27.6. The van der Waals surface area contributed by atoms with Crippen LogP contribution < -0.4 is 5.12 Å². The van der Waals surface area contributed by atoms with Gasteiger partial charge < -0.3 is 0 Å². The van der Waals surface area contributed by atoms with Crippen molar-refractivity contribution in [3.63, 3.8) is 0 Å². The first-order valence-corrected chi connectivity index (χ1v) is 7.63. The fourth-order valence-corrected chi connectivity index (χ4v) is 3.26. The lowest BCUT2D eigenvalue weighted by atomic mass is 9.94. The molecule has 0 saturated carbocycles. The average Bonchev–Trinajstić information content (AvgIpc) is 3.45. The third kappa shape index (κ3) is 1.90. The summed E-state index contributed by atoms with van der Waals surface area (Å²) in [6.07, 6.45) is 0. The summed E-state index contributed by atoms with van der Waals surface area (Å²) in [5, 5.41) is 14.7. The van der Waals surface area contributed by atoms with E-state index < -0.39 is 0 Å². The van der Waals surface area contributed by atoms with Crippen molar-refractivity contribution in [1.29, 1.82) is 0 Å². The number of fused-ring (bicyclic) bond motifs is 2. The van der Waals surface area contributed by atoms with Crippen LogP contribution in [0.5, 0.6) is 0 Å². The van der Waals surface area contributed by atoms with Crippen LogP contribution >= 0.6 is 0 Å². The van der Waals surface area contributed by atoms with Crippen molar-refractivity contribution >= 4 is 27.2 Å². The molecule has 0 unspecified atom stereocenters. The van der Waals surface area contributed by atoms with Gasteiger partial charge in [-0.05, 0) is 32.2 Å². The van der Waals surface area contributed by atoms with E-state index in [2.05, 4.69) is 89.3 Å². The van der Waals surface area contributed by atoms with Gasteiger partial charge in [-0.3, -0.25) is 0 Å². The second-order valence-electron chi connectivity index (χ2n) is 5.68. The molecule has 0 aliphatic carbocycles. The summed E-state index contributed by atoms with van der Waals surface area (Å²) < 4.78 is 0. The molecule has 23 heavy (non-hydrogen) atoms. The van der Waals surface area contributed by atoms with E-state index in [1.54, 1.807) is 5.12 Å². The lowest BCUT2D eigenvalue weighted by molar-refractivity contribution is 1.27. The molecule has 3 heteroatoms. The van der Waals surface area contributed by atoms with Gasteiger partial charge in [-0.1, -0.05) is 78.9 Å². The van der Waals surface area contributed by atoms with Gasteiger partial charge in [-0.15, -0.1) is 5.12 Å². The van der Waals surface area contributed by atoms with Crippen LogP contribution in [0.25, 0.3) is 32.7 Å². The Kier molecular flexibility index (Phi) is 2.50. The van der Waals surface area contributed by atoms with Crippen molar-refractivity contribution in [3.8, 4) is 11.1 Å². The largest absolute Gasteiger partial charge is 0.110 e. The highest BCUT2D eigenvalue weighted by Crippen LogP contribution is 2.42. The minimum atomic E-state index is 1.06. The highest BCUT2D eigenvalue weighted by molar-refractivity contribution is 6.07. The molecule has 1 heterocycles. The molecule has 0 spiro atoms. The quantitative estimate of drug-likeness (QED) is 0.462. The van der Waals surface area contributed by atoms with E-state index in [4.69, 9.17) is 0 Å². The van der Waals surface area contributed by atoms with Crippen LogP contribution in [-0.4, -0.2) is 0 Å². The predicted molar refractivity (Wildman–Crippen MR) is 94.2 cm³/mol. The summed E-state index contributed by atoms with van der Waals surface area (Å²) in [4.78, 5) is 0. The average molecular weight is 295 g/mol. The van der Waals surface area contributed by atoms with Crippen LogP contribution in [0.15, 0.2) is 89.3 Å². The van der Waals surface area contributed by atoms with Gasteiger partial charge in [0.15, 0.2) is 0 Å². The Morgan fingerprint density at radius 2 is 1.17 bits per heavy atom. The van der Waals surface area contributed by atoms with Crippen LogP contribution in [0, 0.1) is 0 Å². The molecule has 1 aliphatic rings. The molecule has 0 N–H and O–H groups in total. The first-order valence-electron chi connectivity index (χ1n) is 7.63. The summed E-state index contributed by atoms with van der Waals surface area (Å²) in [7, 11) is 0. The van der Waals surface area contributed by atoms with Crippen molar-refractivity contribution in [2.45, 2.75) is 0 Å². The highest BCUT2D eigenvalue weighted by Gasteiger charge is 2.23. The number of anilines is 1. The Balaban J connectivity index is 1.88. The van der Waals surface area contributed by atoms with E-state index in [1.165, 1.54) is 27.1 Å². The fourth-order valence-electron chi connectivity index (χ4n) is 3.26. The van der Waals surface area contributed by atoms with Gasteiger partial charge in [-0.2, -0.15) is 0 Å². The van der Waals surface area contributed by atoms with E-state index in [1.807, 2.05) is 0 Å². The molecule has 4 aromatic carbocycles. The van der Waals surface area contributed by atoms with E-state index >= 15 is 0 Å². The first kappa shape index (κ1) is 12.4. The topological polar surface area (TPSA) is 27.7 Å². The zero-order chi connectivity index (χ0) is 15.2. The molecular weight excluding hydrogens is 282 g/mol. The van der Waals surface area contributed by atoms with Crippen LogP contribution in [0.1, 0.15) is 0 Å². The van der Waals surface area contributed by atoms with Gasteiger partial charge in [0.05, 0.1) is 0 Å². The summed E-state index contributed by atoms with van der Waals surface area (Å²) in [6.45, 7) is 0. The molecule has 4 aromatic rings. The Morgan fingerprint density at radius 1 is 0.522 bits per heavy atom. The number of benzene rings is 4. The molecule has 108 valence electrons. The van der Waals surface area contributed by atoms with Gasteiger partial charge >= 0.3 is 0 Å². The molecular formula is C20H13N3. The highest BCUT2D eigenvalue weighted by atomic mass is 15.9. The van der Waals surface area contributed by atoms with Crippen molar-refractivity contribution < 1.29 is 0 Å². The predicted octanol–water partition coefficient (Wildman–Crippen LogP) is 5.76. The van der Waals surface area contributed by atoms with Crippen LogP contribution in [-0.2, 0) is 0 Å². The molecule has 0 saturated heterocycles. The summed E-state index contributed by atoms with van der Waals surface area (Å²) in [5.41, 5.74) is 3.42. The molecule has 0 amide bonds. The number of nitrogens with zero attached hydrogens (tertiary/aromatic N) is 3. The minimum Gasteiger partial charge on any atom is -0.110 e.